The molecule has 3 atom stereocenters. The summed E-state index contributed by atoms with van der Waals surface area (Å²) in [5, 5.41) is 23.6. The summed E-state index contributed by atoms with van der Waals surface area (Å²) < 4.78 is 53.6. The minimum absolute atomic E-state index is 0.0407. The zero-order chi connectivity index (χ0) is 51.0. The Morgan fingerprint density at radius 2 is 1.55 bits per heavy atom. The van der Waals surface area contributed by atoms with Crippen LogP contribution in [0.15, 0.2) is 41.4 Å². The van der Waals surface area contributed by atoms with Crippen LogP contribution >= 0.6 is 0 Å². The number of hydrogen-bond acceptors (Lipinski definition) is 10. The predicted octanol–water partition coefficient (Wildman–Crippen LogP) is 11.9. The van der Waals surface area contributed by atoms with Crippen molar-refractivity contribution in [2.75, 3.05) is 35.9 Å². The Bertz CT molecular complexity index is 2630. The van der Waals surface area contributed by atoms with Gasteiger partial charge in [-0.05, 0) is 96.8 Å². The van der Waals surface area contributed by atoms with E-state index in [1.807, 2.05) is 24.8 Å². The van der Waals surface area contributed by atoms with Crippen LogP contribution in [0.25, 0.3) is 17.0 Å². The summed E-state index contributed by atoms with van der Waals surface area (Å²) in [5.74, 6) is -0.586. The van der Waals surface area contributed by atoms with Crippen LogP contribution in [-0.2, 0) is 25.0 Å². The summed E-state index contributed by atoms with van der Waals surface area (Å²) in [4.78, 5) is 33.5. The van der Waals surface area contributed by atoms with Gasteiger partial charge in [0.05, 0.1) is 36.1 Å². The lowest BCUT2D eigenvalue weighted by Gasteiger charge is -2.50. The number of esters is 1. The lowest BCUT2D eigenvalue weighted by atomic mass is 9.59. The number of nitrogens with one attached hydrogen (secondary N) is 2. The molecule has 4 aromatic rings. The summed E-state index contributed by atoms with van der Waals surface area (Å²) in [7, 11) is -4.43. The molecule has 0 bridgehead atoms. The highest BCUT2D eigenvalue weighted by molar-refractivity contribution is 7.92. The third-order valence-electron chi connectivity index (χ3n) is 13.9. The van der Waals surface area contributed by atoms with Crippen LogP contribution in [0.3, 0.4) is 0 Å². The lowest BCUT2D eigenvalue weighted by Crippen LogP contribution is -2.49. The second-order valence-electron chi connectivity index (χ2n) is 23.8. The maximum Gasteiger partial charge on any atom is 0.343 e. The molecule has 3 unspecified atom stereocenters. The van der Waals surface area contributed by atoms with Gasteiger partial charge in [-0.3, -0.25) is 14.6 Å². The van der Waals surface area contributed by atoms with Gasteiger partial charge in [0.2, 0.25) is 0 Å². The predicted molar refractivity (Wildman–Crippen MR) is 272 cm³/mol. The number of nitrogens with zero attached hydrogens (tertiary/aromatic N) is 4. The number of aromatic nitrogens is 3. The molecule has 1 saturated heterocycles. The number of anilines is 2. The Balaban J connectivity index is 1.46. The fourth-order valence-electron chi connectivity index (χ4n) is 10.9. The number of carboxylic acids is 1. The monoisotopic (exact) mass is 971 g/mol. The van der Waals surface area contributed by atoms with Crippen LogP contribution in [0.5, 0.6) is 11.5 Å². The number of fused-ring (bicyclic) bond motifs is 1. The topological polar surface area (TPSA) is 188 Å². The van der Waals surface area contributed by atoms with Crippen molar-refractivity contribution in [1.29, 1.82) is 5.26 Å². The molecule has 2 fully saturated rings. The number of aliphatic carboxylic acids is 1. The maximum absolute atomic E-state index is 15.0. The first kappa shape index (κ1) is 53.1. The van der Waals surface area contributed by atoms with Gasteiger partial charge in [0.1, 0.15) is 34.1 Å². The first-order chi connectivity index (χ1) is 32.1. The average molecular weight is 971 g/mol. The molecule has 2 aliphatic rings. The first-order valence-electron chi connectivity index (χ1n) is 24.9. The fraction of sp³-hybridized carbons (Fsp3) is 0.630. The van der Waals surface area contributed by atoms with Crippen LogP contribution in [0.4, 0.5) is 11.4 Å². The van der Waals surface area contributed by atoms with Crippen molar-refractivity contribution in [2.24, 2.45) is 39.9 Å². The van der Waals surface area contributed by atoms with Gasteiger partial charge in [-0.1, -0.05) is 96.9 Å². The summed E-state index contributed by atoms with van der Waals surface area (Å²) in [6.07, 6.45) is 6.22. The molecular weight excluding hydrogens is 893 g/mol. The quantitative estimate of drug-likeness (QED) is 0.0906. The highest BCUT2D eigenvalue weighted by Gasteiger charge is 2.48. The molecule has 3 N–H and O–H groups in total. The van der Waals surface area contributed by atoms with E-state index in [9.17, 15) is 20.0 Å². The van der Waals surface area contributed by atoms with Crippen LogP contribution < -0.4 is 19.1 Å². The molecule has 14 nitrogen and oxygen atoms in total. The number of piperidine rings is 1. The van der Waals surface area contributed by atoms with Crippen LogP contribution in [0.2, 0.25) is 0 Å². The van der Waals surface area contributed by atoms with E-state index < -0.39 is 33.3 Å². The van der Waals surface area contributed by atoms with Gasteiger partial charge in [0.15, 0.2) is 11.5 Å². The minimum Gasteiger partial charge on any atom is -0.493 e. The van der Waals surface area contributed by atoms with E-state index >= 15 is 8.42 Å². The Kier molecular flexibility index (Phi) is 15.6. The molecule has 0 spiro atoms. The molecule has 3 heterocycles. The maximum atomic E-state index is 15.0. The highest BCUT2D eigenvalue weighted by atomic mass is 32.2. The van der Waals surface area contributed by atoms with Gasteiger partial charge in [-0.15, -0.1) is 0 Å². The van der Waals surface area contributed by atoms with E-state index in [1.165, 1.54) is 10.7 Å². The standard InChI is InChI=1S/C54H78N6O8S/c1-15-22-66-42-28-44(43(67-23-16-2)27-37(42)54(13,14)32-51(4,5)6)69(64,65)58-40-26-34(19-20-41(40)59-21-17-18-35(30-59)49(61)62)47-56-48-45(36(29-55)31-60(48)57-47)50(63)68-46-38(52(7,8)9)24-33(3)25-39(46)53(10,11)12/h19-20,26-28,31,33,35,38-39,46,58H,15-18,21-25,30,32H2,1-14H3,(H,56,57)(H,61,62). The first-order valence-corrected chi connectivity index (χ1v) is 26.4. The number of carboxylic acid groups (broad SMARTS) is 1. The van der Waals surface area contributed by atoms with Gasteiger partial charge in [-0.2, -0.15) is 5.26 Å². The molecule has 69 heavy (non-hydrogen) atoms. The van der Waals surface area contributed by atoms with Crippen LogP contribution in [0, 0.1) is 51.2 Å². The van der Waals surface area contributed by atoms with Crippen molar-refractivity contribution in [1.82, 2.24) is 14.6 Å². The zero-order valence-electron chi connectivity index (χ0n) is 43.6. The Morgan fingerprint density at radius 1 is 0.928 bits per heavy atom. The molecule has 15 heteroatoms. The number of aromatic amines is 1. The molecule has 0 radical (unpaired) electrons. The van der Waals surface area contributed by atoms with Crippen molar-refractivity contribution in [2.45, 2.75) is 158 Å². The number of H-pyrrole nitrogens is 1. The Morgan fingerprint density at radius 3 is 2.12 bits per heavy atom. The number of ether oxygens (including phenoxy) is 3. The zero-order valence-corrected chi connectivity index (χ0v) is 44.4. The van der Waals surface area contributed by atoms with Gasteiger partial charge in [-0.25, -0.2) is 22.7 Å². The Hall–Kier alpha value is -5.23. The van der Waals surface area contributed by atoms with Crippen molar-refractivity contribution in [3.63, 3.8) is 0 Å². The lowest BCUT2D eigenvalue weighted by molar-refractivity contribution is -0.142. The second kappa shape index (κ2) is 20.2. The number of benzene rings is 2. The number of rotatable bonds is 16. The fourth-order valence-corrected chi connectivity index (χ4v) is 12.1. The van der Waals surface area contributed by atoms with Gasteiger partial charge in [0.25, 0.3) is 10.0 Å². The van der Waals surface area contributed by atoms with Gasteiger partial charge < -0.3 is 24.2 Å². The molecule has 378 valence electrons. The molecule has 6 rings (SSSR count). The second-order valence-corrected chi connectivity index (χ2v) is 25.4. The number of sulfonamides is 1. The summed E-state index contributed by atoms with van der Waals surface area (Å²) in [5.41, 5.74) is 1.64. The third kappa shape index (κ3) is 12.0. The molecular formula is C54H78N6O8S. The van der Waals surface area contributed by atoms with E-state index in [-0.39, 0.29) is 80.4 Å². The molecule has 1 aliphatic carbocycles. The van der Waals surface area contributed by atoms with E-state index in [4.69, 9.17) is 19.2 Å². The Labute approximate surface area is 410 Å². The SMILES string of the molecule is CCCOc1cc(S(=O)(=O)Nc2cc(-c3nc4c(C(=O)OC5C(C(C)(C)C)CC(C)CC5C(C)(C)C)c(C#N)cn4[nH]3)ccc2N2CCCC(C(=O)O)C2)c(OCCC)cc1C(C)(C)CC(C)(C)C. The number of carbonyl (C=O) groups is 2. The average Bonchev–Trinajstić information content (AvgIpc) is 3.82. The van der Waals surface area contributed by atoms with Crippen molar-refractivity contribution in [3.05, 3.63) is 53.2 Å². The van der Waals surface area contributed by atoms with Gasteiger partial charge in [0, 0.05) is 48.3 Å². The smallest absolute Gasteiger partial charge is 0.343 e. The van der Waals surface area contributed by atoms with Crippen molar-refractivity contribution < 1.29 is 37.3 Å². The molecule has 2 aromatic heterocycles. The van der Waals surface area contributed by atoms with Crippen molar-refractivity contribution >= 4 is 39.0 Å². The number of nitriles is 1. The summed E-state index contributed by atoms with van der Waals surface area (Å²) in [6.45, 7) is 31.5. The van der Waals surface area contributed by atoms with Gasteiger partial charge >= 0.3 is 11.9 Å². The van der Waals surface area contributed by atoms with E-state index in [0.29, 0.717) is 67.6 Å². The van der Waals surface area contributed by atoms with E-state index in [0.717, 1.165) is 24.8 Å². The molecule has 0 amide bonds. The van der Waals surface area contributed by atoms with Crippen molar-refractivity contribution in [3.8, 4) is 29.0 Å². The van der Waals surface area contributed by atoms with E-state index in [2.05, 4.69) is 99.0 Å². The minimum atomic E-state index is -4.43. The van der Waals surface area contributed by atoms with Crippen LogP contribution in [-0.4, -0.2) is 72.5 Å². The molecule has 1 aliphatic heterocycles. The molecule has 1 saturated carbocycles. The largest absolute Gasteiger partial charge is 0.493 e. The highest BCUT2D eigenvalue weighted by Crippen LogP contribution is 2.50. The number of carbonyl (C=O) groups excluding carboxylic acids is 1. The number of hydrogen-bond donors (Lipinski definition) is 3. The third-order valence-corrected chi connectivity index (χ3v) is 15.3. The van der Waals surface area contributed by atoms with E-state index in [1.54, 1.807) is 24.3 Å². The molecule has 2 aromatic carbocycles. The van der Waals surface area contributed by atoms with Crippen LogP contribution in [0.1, 0.15) is 163 Å². The normalized spacial score (nSPS) is 20.7. The summed E-state index contributed by atoms with van der Waals surface area (Å²) >= 11 is 0. The summed E-state index contributed by atoms with van der Waals surface area (Å²) in [6, 6.07) is 10.8.